The maximum absolute atomic E-state index is 13.4. The third kappa shape index (κ3) is 5.39. The molecule has 2 heterocycles. The van der Waals surface area contributed by atoms with Gasteiger partial charge in [-0.05, 0) is 34.9 Å². The van der Waals surface area contributed by atoms with Gasteiger partial charge in [0.1, 0.15) is 5.75 Å². The molecule has 1 aromatic heterocycles. The highest BCUT2D eigenvalue weighted by atomic mass is 32.2. The van der Waals surface area contributed by atoms with Gasteiger partial charge in [0.15, 0.2) is 15.9 Å². The van der Waals surface area contributed by atoms with Gasteiger partial charge in [-0.25, -0.2) is 0 Å². The van der Waals surface area contributed by atoms with Crippen LogP contribution in [0.3, 0.4) is 0 Å². The SMILES string of the molecule is COc1cccc(C2C(C(=O)C=Cc3ccccc3)=C(O)C(=O)N2c2nnc(SCc3ccccc3)s2)c1. The number of ether oxygens (including phenoxy) is 1. The average molecular weight is 542 g/mol. The number of hydrogen-bond acceptors (Lipinski definition) is 8. The summed E-state index contributed by atoms with van der Waals surface area (Å²) in [6.07, 6.45) is 3.02. The molecule has 0 saturated heterocycles. The molecule has 5 rings (SSSR count). The summed E-state index contributed by atoms with van der Waals surface area (Å²) in [4.78, 5) is 28.1. The molecule has 9 heteroatoms. The highest BCUT2D eigenvalue weighted by Crippen LogP contribution is 2.43. The molecular formula is C29H23N3O4S2. The molecule has 1 aliphatic heterocycles. The number of benzene rings is 3. The number of carbonyl (C=O) groups is 2. The van der Waals surface area contributed by atoms with E-state index in [1.54, 1.807) is 37.5 Å². The number of allylic oxidation sites excluding steroid dienone is 1. The molecule has 1 aliphatic rings. The van der Waals surface area contributed by atoms with E-state index in [0.29, 0.717) is 26.5 Å². The zero-order chi connectivity index (χ0) is 26.5. The van der Waals surface area contributed by atoms with E-state index in [1.165, 1.54) is 34.1 Å². The lowest BCUT2D eigenvalue weighted by molar-refractivity contribution is -0.117. The molecule has 1 amide bonds. The molecular weight excluding hydrogens is 518 g/mol. The van der Waals surface area contributed by atoms with Gasteiger partial charge >= 0.3 is 0 Å². The van der Waals surface area contributed by atoms with E-state index in [1.807, 2.05) is 60.7 Å². The van der Waals surface area contributed by atoms with E-state index < -0.39 is 23.5 Å². The second kappa shape index (κ2) is 11.5. The predicted molar refractivity (Wildman–Crippen MR) is 149 cm³/mol. The predicted octanol–water partition coefficient (Wildman–Crippen LogP) is 6.02. The number of anilines is 1. The van der Waals surface area contributed by atoms with Gasteiger partial charge in [0, 0.05) is 5.75 Å². The van der Waals surface area contributed by atoms with Gasteiger partial charge in [0.25, 0.3) is 5.91 Å². The fourth-order valence-electron chi connectivity index (χ4n) is 4.08. The van der Waals surface area contributed by atoms with Crippen molar-refractivity contribution < 1.29 is 19.4 Å². The number of amides is 1. The molecule has 7 nitrogen and oxygen atoms in total. The van der Waals surface area contributed by atoms with Crippen LogP contribution >= 0.6 is 23.1 Å². The van der Waals surface area contributed by atoms with Crippen molar-refractivity contribution in [3.05, 3.63) is 119 Å². The van der Waals surface area contributed by atoms with Gasteiger partial charge in [-0.3, -0.25) is 14.5 Å². The Morgan fingerprint density at radius 2 is 1.79 bits per heavy atom. The molecule has 0 bridgehead atoms. The molecule has 4 aromatic rings. The number of carbonyl (C=O) groups excluding carboxylic acids is 2. The van der Waals surface area contributed by atoms with Gasteiger partial charge < -0.3 is 9.84 Å². The van der Waals surface area contributed by atoms with Crippen molar-refractivity contribution in [2.24, 2.45) is 0 Å². The van der Waals surface area contributed by atoms with Crippen molar-refractivity contribution >= 4 is 46.0 Å². The highest BCUT2D eigenvalue weighted by molar-refractivity contribution is 8.00. The highest BCUT2D eigenvalue weighted by Gasteiger charge is 2.45. The van der Waals surface area contributed by atoms with Crippen molar-refractivity contribution in [3.8, 4) is 5.75 Å². The van der Waals surface area contributed by atoms with Crippen LogP contribution in [0.1, 0.15) is 22.7 Å². The fraction of sp³-hybridized carbons (Fsp3) is 0.103. The van der Waals surface area contributed by atoms with Crippen LogP contribution in [0.15, 0.2) is 107 Å². The molecule has 0 saturated carbocycles. The van der Waals surface area contributed by atoms with Gasteiger partial charge in [0.2, 0.25) is 5.13 Å². The van der Waals surface area contributed by atoms with E-state index in [2.05, 4.69) is 10.2 Å². The minimum Gasteiger partial charge on any atom is -0.503 e. The number of ketones is 1. The summed E-state index contributed by atoms with van der Waals surface area (Å²) in [6, 6.07) is 25.5. The third-order valence-corrected chi connectivity index (χ3v) is 8.04. The molecule has 3 aromatic carbocycles. The van der Waals surface area contributed by atoms with Crippen molar-refractivity contribution in [3.63, 3.8) is 0 Å². The van der Waals surface area contributed by atoms with Crippen LogP contribution in [0.2, 0.25) is 0 Å². The molecule has 1 N–H and O–H groups in total. The molecule has 0 spiro atoms. The number of rotatable bonds is 9. The van der Waals surface area contributed by atoms with E-state index in [4.69, 9.17) is 4.74 Å². The minimum atomic E-state index is -0.898. The first kappa shape index (κ1) is 25.4. The zero-order valence-corrected chi connectivity index (χ0v) is 22.0. The van der Waals surface area contributed by atoms with E-state index in [9.17, 15) is 14.7 Å². The molecule has 1 unspecified atom stereocenters. The maximum atomic E-state index is 13.4. The van der Waals surface area contributed by atoms with Crippen LogP contribution in [0.25, 0.3) is 6.08 Å². The van der Waals surface area contributed by atoms with Crippen molar-refractivity contribution in [1.29, 1.82) is 0 Å². The first-order chi connectivity index (χ1) is 18.5. The Hall–Kier alpha value is -4.21. The van der Waals surface area contributed by atoms with Crippen LogP contribution in [0, 0.1) is 0 Å². The fourth-order valence-corrected chi connectivity index (χ4v) is 5.91. The number of hydrogen-bond donors (Lipinski definition) is 1. The average Bonchev–Trinajstić information content (AvgIpc) is 3.53. The Morgan fingerprint density at radius 1 is 1.05 bits per heavy atom. The Morgan fingerprint density at radius 3 is 2.53 bits per heavy atom. The molecule has 38 heavy (non-hydrogen) atoms. The first-order valence-corrected chi connectivity index (χ1v) is 13.5. The lowest BCUT2D eigenvalue weighted by atomic mass is 9.95. The minimum absolute atomic E-state index is 0.0240. The Balaban J connectivity index is 1.48. The van der Waals surface area contributed by atoms with Gasteiger partial charge in [-0.15, -0.1) is 10.2 Å². The normalized spacial score (nSPS) is 15.4. The second-order valence-electron chi connectivity index (χ2n) is 8.35. The van der Waals surface area contributed by atoms with Crippen LogP contribution in [0.4, 0.5) is 5.13 Å². The standard InChI is InChI=1S/C29H23N3O4S2/c1-36-22-14-8-13-21(17-22)25-24(23(33)16-15-19-9-4-2-5-10-19)26(34)27(35)32(25)28-30-31-29(38-28)37-18-20-11-6-3-7-12-20/h2-17,25,34H,18H2,1H3. The Bertz CT molecular complexity index is 1520. The Kier molecular flexibility index (Phi) is 7.67. The number of nitrogens with zero attached hydrogens (tertiary/aromatic N) is 3. The molecule has 1 atom stereocenters. The zero-order valence-electron chi connectivity index (χ0n) is 20.4. The summed E-state index contributed by atoms with van der Waals surface area (Å²) in [6.45, 7) is 0. The second-order valence-corrected chi connectivity index (χ2v) is 10.5. The van der Waals surface area contributed by atoms with Gasteiger partial charge in [-0.2, -0.15) is 0 Å². The summed E-state index contributed by atoms with van der Waals surface area (Å²) < 4.78 is 6.05. The van der Waals surface area contributed by atoms with Gasteiger partial charge in [0.05, 0.1) is 18.7 Å². The number of aliphatic hydroxyl groups is 1. The lowest BCUT2D eigenvalue weighted by Gasteiger charge is -2.24. The van der Waals surface area contributed by atoms with Crippen molar-refractivity contribution in [2.75, 3.05) is 12.0 Å². The monoisotopic (exact) mass is 541 g/mol. The number of methoxy groups -OCH3 is 1. The van der Waals surface area contributed by atoms with E-state index >= 15 is 0 Å². The Labute approximate surface area is 228 Å². The molecule has 0 fully saturated rings. The lowest BCUT2D eigenvalue weighted by Crippen LogP contribution is -2.30. The summed E-state index contributed by atoms with van der Waals surface area (Å²) >= 11 is 2.74. The van der Waals surface area contributed by atoms with Crippen LogP contribution in [0.5, 0.6) is 5.75 Å². The molecule has 190 valence electrons. The summed E-state index contributed by atoms with van der Waals surface area (Å²) in [7, 11) is 1.54. The smallest absolute Gasteiger partial charge is 0.296 e. The maximum Gasteiger partial charge on any atom is 0.296 e. The third-order valence-electron chi connectivity index (χ3n) is 5.92. The first-order valence-electron chi connectivity index (χ1n) is 11.7. The summed E-state index contributed by atoms with van der Waals surface area (Å²) in [5, 5.41) is 19.7. The van der Waals surface area contributed by atoms with Crippen LogP contribution in [-0.4, -0.2) is 34.1 Å². The summed E-state index contributed by atoms with van der Waals surface area (Å²) in [5.74, 6) is -0.526. The van der Waals surface area contributed by atoms with Crippen molar-refractivity contribution in [1.82, 2.24) is 10.2 Å². The van der Waals surface area contributed by atoms with Gasteiger partial charge in [-0.1, -0.05) is 102 Å². The van der Waals surface area contributed by atoms with Crippen LogP contribution < -0.4 is 9.64 Å². The largest absolute Gasteiger partial charge is 0.503 e. The molecule has 0 radical (unpaired) electrons. The van der Waals surface area contributed by atoms with E-state index in [-0.39, 0.29) is 5.57 Å². The summed E-state index contributed by atoms with van der Waals surface area (Å²) in [5.41, 5.74) is 2.54. The van der Waals surface area contributed by atoms with Crippen LogP contribution in [-0.2, 0) is 15.3 Å². The quantitative estimate of drug-likeness (QED) is 0.157. The topological polar surface area (TPSA) is 92.6 Å². The number of thioether (sulfide) groups is 1. The van der Waals surface area contributed by atoms with E-state index in [0.717, 1.165) is 11.1 Å². The van der Waals surface area contributed by atoms with Crippen molar-refractivity contribution in [2.45, 2.75) is 16.1 Å². The molecule has 0 aliphatic carbocycles. The number of aromatic nitrogens is 2. The number of aliphatic hydroxyl groups excluding tert-OH is 1.